The van der Waals surface area contributed by atoms with E-state index in [1.165, 1.54) is 34.0 Å². The first kappa shape index (κ1) is 29.6. The summed E-state index contributed by atoms with van der Waals surface area (Å²) in [5.41, 5.74) is 1.92. The van der Waals surface area contributed by atoms with Gasteiger partial charge in [0.25, 0.3) is 0 Å². The van der Waals surface area contributed by atoms with Crippen molar-refractivity contribution in [3.63, 3.8) is 0 Å². The number of nitrogens with one attached hydrogen (secondary N) is 1. The Labute approximate surface area is 248 Å². The van der Waals surface area contributed by atoms with Crippen LogP contribution in [-0.2, 0) is 27.4 Å². The summed E-state index contributed by atoms with van der Waals surface area (Å²) in [5.74, 6) is 0.384. The third-order valence-corrected chi connectivity index (χ3v) is 7.18. The minimum atomic E-state index is -1.07. The Hall–Kier alpha value is -4.84. The van der Waals surface area contributed by atoms with Crippen LogP contribution in [0.5, 0.6) is 11.5 Å². The number of nitrogens with zero attached hydrogens (tertiary/aromatic N) is 5. The molecule has 43 heavy (non-hydrogen) atoms. The standard InChI is InChI=1S/C31H33FN6O5/c1-41-25-13-5-21(6-14-25)19-37(28(39)20-38-35-30(34-36-38)23-9-15-26(42-2)16-10-23)29(22-7-11-24(32)12-8-22)31(40)33-18-27-4-3-17-43-27/h5-16,27,29H,3-4,17-20H2,1-2H3,(H,33,40)/t27-,29-/m1/s1. The lowest BCUT2D eigenvalue weighted by atomic mass is 10.0. The van der Waals surface area contributed by atoms with Crippen LogP contribution in [0.25, 0.3) is 11.4 Å². The van der Waals surface area contributed by atoms with Gasteiger partial charge in [-0.3, -0.25) is 9.59 Å². The lowest BCUT2D eigenvalue weighted by Crippen LogP contribution is -2.46. The van der Waals surface area contributed by atoms with Crippen LogP contribution in [0, 0.1) is 5.82 Å². The molecule has 2 amide bonds. The van der Waals surface area contributed by atoms with Gasteiger partial charge in [0.15, 0.2) is 0 Å². The van der Waals surface area contributed by atoms with E-state index in [0.717, 1.165) is 18.4 Å². The van der Waals surface area contributed by atoms with Crippen molar-refractivity contribution >= 4 is 11.8 Å². The maximum absolute atomic E-state index is 14.0. The molecule has 11 nitrogen and oxygen atoms in total. The smallest absolute Gasteiger partial charge is 0.247 e. The first-order valence-electron chi connectivity index (χ1n) is 13.9. The number of aromatic nitrogens is 4. The van der Waals surface area contributed by atoms with Crippen molar-refractivity contribution in [1.82, 2.24) is 30.4 Å². The molecule has 1 aliphatic heterocycles. The molecule has 224 valence electrons. The van der Waals surface area contributed by atoms with Crippen molar-refractivity contribution in [2.24, 2.45) is 0 Å². The van der Waals surface area contributed by atoms with Crippen molar-refractivity contribution in [1.29, 1.82) is 0 Å². The van der Waals surface area contributed by atoms with E-state index in [1.807, 2.05) is 12.1 Å². The average Bonchev–Trinajstić information content (AvgIpc) is 3.73. The molecule has 1 N–H and O–H groups in total. The van der Waals surface area contributed by atoms with Gasteiger partial charge < -0.3 is 24.4 Å². The topological polar surface area (TPSA) is 121 Å². The van der Waals surface area contributed by atoms with Crippen molar-refractivity contribution in [3.8, 4) is 22.9 Å². The molecule has 0 saturated carbocycles. The molecule has 1 aromatic heterocycles. The third kappa shape index (κ3) is 7.52. The Morgan fingerprint density at radius 1 is 1.02 bits per heavy atom. The van der Waals surface area contributed by atoms with Crippen LogP contribution in [0.3, 0.4) is 0 Å². The van der Waals surface area contributed by atoms with Crippen LogP contribution in [0.1, 0.15) is 30.0 Å². The molecule has 0 bridgehead atoms. The van der Waals surface area contributed by atoms with Crippen LogP contribution in [0.4, 0.5) is 4.39 Å². The Morgan fingerprint density at radius 2 is 1.70 bits per heavy atom. The zero-order valence-electron chi connectivity index (χ0n) is 24.0. The fraction of sp³-hybridized carbons (Fsp3) is 0.323. The van der Waals surface area contributed by atoms with Crippen LogP contribution >= 0.6 is 0 Å². The predicted octanol–water partition coefficient (Wildman–Crippen LogP) is 3.56. The number of carbonyl (C=O) groups excluding carboxylic acids is 2. The number of hydrogen-bond donors (Lipinski definition) is 1. The first-order valence-corrected chi connectivity index (χ1v) is 13.9. The summed E-state index contributed by atoms with van der Waals surface area (Å²) in [6.45, 7) is 0.749. The maximum atomic E-state index is 14.0. The van der Waals surface area contributed by atoms with Gasteiger partial charge in [0.05, 0.1) is 20.3 Å². The number of amides is 2. The minimum Gasteiger partial charge on any atom is -0.497 e. The van der Waals surface area contributed by atoms with Crippen molar-refractivity contribution in [2.45, 2.75) is 38.1 Å². The lowest BCUT2D eigenvalue weighted by molar-refractivity contribution is -0.142. The van der Waals surface area contributed by atoms with Gasteiger partial charge in [0.2, 0.25) is 17.6 Å². The summed E-state index contributed by atoms with van der Waals surface area (Å²) >= 11 is 0. The molecular formula is C31H33FN6O5. The highest BCUT2D eigenvalue weighted by atomic mass is 19.1. The molecule has 0 unspecified atom stereocenters. The first-order chi connectivity index (χ1) is 20.9. The molecule has 0 radical (unpaired) electrons. The largest absolute Gasteiger partial charge is 0.497 e. The normalized spacial score (nSPS) is 15.1. The highest BCUT2D eigenvalue weighted by molar-refractivity contribution is 5.88. The highest BCUT2D eigenvalue weighted by Gasteiger charge is 2.33. The number of carbonyl (C=O) groups is 2. The van der Waals surface area contributed by atoms with Gasteiger partial charge >= 0.3 is 0 Å². The van der Waals surface area contributed by atoms with E-state index in [0.29, 0.717) is 41.6 Å². The molecular weight excluding hydrogens is 555 g/mol. The van der Waals surface area contributed by atoms with Crippen LogP contribution in [-0.4, -0.2) is 70.4 Å². The van der Waals surface area contributed by atoms with Crippen LogP contribution in [0.2, 0.25) is 0 Å². The molecule has 5 rings (SSSR count). The van der Waals surface area contributed by atoms with E-state index in [-0.39, 0.29) is 19.2 Å². The Bertz CT molecular complexity index is 1510. The predicted molar refractivity (Wildman–Crippen MR) is 154 cm³/mol. The molecule has 0 spiro atoms. The van der Waals surface area contributed by atoms with Crippen molar-refractivity contribution < 1.29 is 28.2 Å². The van der Waals surface area contributed by atoms with Crippen LogP contribution < -0.4 is 14.8 Å². The molecule has 3 aromatic carbocycles. The van der Waals surface area contributed by atoms with Crippen molar-refractivity contribution in [2.75, 3.05) is 27.4 Å². The number of ether oxygens (including phenoxy) is 3. The molecule has 0 aliphatic carbocycles. The number of hydrogen-bond acceptors (Lipinski definition) is 8. The fourth-order valence-electron chi connectivity index (χ4n) is 4.86. The highest BCUT2D eigenvalue weighted by Crippen LogP contribution is 2.26. The summed E-state index contributed by atoms with van der Waals surface area (Å²) in [7, 11) is 3.15. The quantitative estimate of drug-likeness (QED) is 0.267. The second-order valence-corrected chi connectivity index (χ2v) is 10.1. The van der Waals surface area contributed by atoms with Gasteiger partial charge in [-0.1, -0.05) is 24.3 Å². The van der Waals surface area contributed by atoms with E-state index in [4.69, 9.17) is 14.2 Å². The monoisotopic (exact) mass is 588 g/mol. The molecule has 1 saturated heterocycles. The van der Waals surface area contributed by atoms with Gasteiger partial charge in [0.1, 0.15) is 29.9 Å². The Morgan fingerprint density at radius 3 is 2.33 bits per heavy atom. The molecule has 1 aliphatic rings. The second-order valence-electron chi connectivity index (χ2n) is 10.1. The van der Waals surface area contributed by atoms with Gasteiger partial charge in [0, 0.05) is 25.3 Å². The fourth-order valence-corrected chi connectivity index (χ4v) is 4.86. The molecule has 2 atom stereocenters. The van der Waals surface area contributed by atoms with Crippen LogP contribution in [0.15, 0.2) is 72.8 Å². The number of halogens is 1. The van der Waals surface area contributed by atoms with E-state index in [2.05, 4.69) is 20.7 Å². The SMILES string of the molecule is COc1ccc(CN(C(=O)Cn2nnc(-c3ccc(OC)cc3)n2)[C@@H](C(=O)NC[C@H]2CCCO2)c2ccc(F)cc2)cc1. The molecule has 12 heteroatoms. The van der Waals surface area contributed by atoms with E-state index in [9.17, 15) is 14.0 Å². The van der Waals surface area contributed by atoms with E-state index in [1.54, 1.807) is 50.6 Å². The third-order valence-electron chi connectivity index (χ3n) is 7.18. The van der Waals surface area contributed by atoms with Gasteiger partial charge in [-0.25, -0.2) is 4.39 Å². The zero-order valence-corrected chi connectivity index (χ0v) is 24.0. The number of benzene rings is 3. The molecule has 4 aromatic rings. The maximum Gasteiger partial charge on any atom is 0.247 e. The summed E-state index contributed by atoms with van der Waals surface area (Å²) in [6.07, 6.45) is 1.66. The Balaban J connectivity index is 1.44. The second kappa shape index (κ2) is 13.9. The molecule has 1 fully saturated rings. The summed E-state index contributed by atoms with van der Waals surface area (Å²) < 4.78 is 30.1. The number of methoxy groups -OCH3 is 2. The molecule has 2 heterocycles. The van der Waals surface area contributed by atoms with Gasteiger partial charge in [-0.05, 0) is 77.7 Å². The Kier molecular flexibility index (Phi) is 9.57. The average molecular weight is 589 g/mol. The van der Waals surface area contributed by atoms with Crippen molar-refractivity contribution in [3.05, 3.63) is 89.7 Å². The minimum absolute atomic E-state index is 0.0816. The van der Waals surface area contributed by atoms with Gasteiger partial charge in [-0.15, -0.1) is 10.2 Å². The summed E-state index contributed by atoms with van der Waals surface area (Å²) in [5, 5.41) is 15.5. The van der Waals surface area contributed by atoms with E-state index < -0.39 is 23.7 Å². The summed E-state index contributed by atoms with van der Waals surface area (Å²) in [4.78, 5) is 30.4. The van der Waals surface area contributed by atoms with E-state index >= 15 is 0 Å². The zero-order chi connectivity index (χ0) is 30.2. The number of tetrazole rings is 1. The lowest BCUT2D eigenvalue weighted by Gasteiger charge is -2.31. The summed E-state index contributed by atoms with van der Waals surface area (Å²) in [6, 6.07) is 18.8. The number of rotatable bonds is 12. The van der Waals surface area contributed by atoms with Gasteiger partial charge in [-0.2, -0.15) is 4.80 Å².